The topological polar surface area (TPSA) is 34.1 Å². The standard InChI is InChI=1S/C10H16N2OS/c1-13-10-9(5-3-6-12-10)11-7-4-8-14-2/h3,5-6,11H,4,7-8H2,1-2H3. The van der Waals surface area contributed by atoms with Gasteiger partial charge in [0.1, 0.15) is 0 Å². The van der Waals surface area contributed by atoms with E-state index >= 15 is 0 Å². The molecule has 0 saturated heterocycles. The summed E-state index contributed by atoms with van der Waals surface area (Å²) in [5.74, 6) is 1.84. The van der Waals surface area contributed by atoms with E-state index in [2.05, 4.69) is 16.6 Å². The highest BCUT2D eigenvalue weighted by atomic mass is 32.2. The molecule has 78 valence electrons. The molecule has 0 bridgehead atoms. The van der Waals surface area contributed by atoms with Crippen molar-refractivity contribution < 1.29 is 4.74 Å². The van der Waals surface area contributed by atoms with E-state index in [9.17, 15) is 0 Å². The molecule has 0 aromatic carbocycles. The van der Waals surface area contributed by atoms with E-state index in [1.54, 1.807) is 13.3 Å². The number of pyridine rings is 1. The van der Waals surface area contributed by atoms with Gasteiger partial charge in [0.25, 0.3) is 0 Å². The third kappa shape index (κ3) is 3.46. The molecule has 0 fully saturated rings. The van der Waals surface area contributed by atoms with Crippen LogP contribution in [0.5, 0.6) is 5.88 Å². The summed E-state index contributed by atoms with van der Waals surface area (Å²) in [5, 5.41) is 3.30. The minimum absolute atomic E-state index is 0.664. The minimum atomic E-state index is 0.664. The Morgan fingerprint density at radius 3 is 3.14 bits per heavy atom. The molecule has 1 heterocycles. The van der Waals surface area contributed by atoms with Crippen LogP contribution >= 0.6 is 11.8 Å². The quantitative estimate of drug-likeness (QED) is 0.733. The summed E-state index contributed by atoms with van der Waals surface area (Å²) in [5.41, 5.74) is 0.969. The van der Waals surface area contributed by atoms with Crippen LogP contribution in [0.1, 0.15) is 6.42 Å². The maximum Gasteiger partial charge on any atom is 0.237 e. The van der Waals surface area contributed by atoms with Crippen molar-refractivity contribution in [3.63, 3.8) is 0 Å². The second-order valence-electron chi connectivity index (χ2n) is 2.83. The molecule has 0 amide bonds. The lowest BCUT2D eigenvalue weighted by Gasteiger charge is -2.08. The van der Waals surface area contributed by atoms with Gasteiger partial charge in [-0.15, -0.1) is 0 Å². The summed E-state index contributed by atoms with van der Waals surface area (Å²) < 4.78 is 5.12. The number of methoxy groups -OCH3 is 1. The monoisotopic (exact) mass is 212 g/mol. The van der Waals surface area contributed by atoms with Gasteiger partial charge in [0.2, 0.25) is 5.88 Å². The maximum absolute atomic E-state index is 5.12. The molecule has 1 rings (SSSR count). The molecule has 0 aliphatic rings. The predicted molar refractivity (Wildman–Crippen MR) is 62.3 cm³/mol. The number of hydrogen-bond acceptors (Lipinski definition) is 4. The molecule has 0 aliphatic heterocycles. The van der Waals surface area contributed by atoms with E-state index in [-0.39, 0.29) is 0 Å². The Labute approximate surface area is 89.3 Å². The van der Waals surface area contributed by atoms with Gasteiger partial charge < -0.3 is 10.1 Å². The Bertz CT molecular complexity index is 268. The van der Waals surface area contributed by atoms with Gasteiger partial charge in [-0.3, -0.25) is 0 Å². The highest BCUT2D eigenvalue weighted by molar-refractivity contribution is 7.98. The Hall–Kier alpha value is -0.900. The van der Waals surface area contributed by atoms with Crippen molar-refractivity contribution in [2.45, 2.75) is 6.42 Å². The third-order valence-corrected chi connectivity index (χ3v) is 2.50. The van der Waals surface area contributed by atoms with E-state index < -0.39 is 0 Å². The molecule has 0 radical (unpaired) electrons. The summed E-state index contributed by atoms with van der Waals surface area (Å²) in [7, 11) is 1.63. The van der Waals surface area contributed by atoms with Crippen molar-refractivity contribution in [2.24, 2.45) is 0 Å². The fourth-order valence-corrected chi connectivity index (χ4v) is 1.56. The molecular formula is C10H16N2OS. The second-order valence-corrected chi connectivity index (χ2v) is 3.82. The highest BCUT2D eigenvalue weighted by Gasteiger charge is 2.00. The first-order valence-corrected chi connectivity index (χ1v) is 5.99. The number of thioether (sulfide) groups is 1. The highest BCUT2D eigenvalue weighted by Crippen LogP contribution is 2.19. The molecule has 4 heteroatoms. The average Bonchev–Trinajstić information content (AvgIpc) is 2.25. The average molecular weight is 212 g/mol. The summed E-state index contributed by atoms with van der Waals surface area (Å²) >= 11 is 1.86. The lowest BCUT2D eigenvalue weighted by molar-refractivity contribution is 0.399. The molecule has 1 aromatic heterocycles. The van der Waals surface area contributed by atoms with Crippen LogP contribution in [0.25, 0.3) is 0 Å². The number of nitrogens with one attached hydrogen (secondary N) is 1. The molecule has 0 saturated carbocycles. The van der Waals surface area contributed by atoms with E-state index in [1.165, 1.54) is 5.75 Å². The van der Waals surface area contributed by atoms with E-state index in [4.69, 9.17) is 4.74 Å². The number of rotatable bonds is 6. The summed E-state index contributed by atoms with van der Waals surface area (Å²) in [6.07, 6.45) is 5.00. The molecule has 0 spiro atoms. The van der Waals surface area contributed by atoms with Crippen molar-refractivity contribution in [3.05, 3.63) is 18.3 Å². The van der Waals surface area contributed by atoms with Crippen LogP contribution < -0.4 is 10.1 Å². The van der Waals surface area contributed by atoms with Gasteiger partial charge in [0, 0.05) is 12.7 Å². The van der Waals surface area contributed by atoms with Gasteiger partial charge >= 0.3 is 0 Å². The normalized spacial score (nSPS) is 9.86. The third-order valence-electron chi connectivity index (χ3n) is 1.81. The van der Waals surface area contributed by atoms with Gasteiger partial charge in [0.05, 0.1) is 12.8 Å². The summed E-state index contributed by atoms with van der Waals surface area (Å²) in [6.45, 7) is 0.961. The van der Waals surface area contributed by atoms with E-state index in [0.29, 0.717) is 5.88 Å². The fraction of sp³-hybridized carbons (Fsp3) is 0.500. The van der Waals surface area contributed by atoms with Crippen LogP contribution in [-0.4, -0.2) is 30.6 Å². The van der Waals surface area contributed by atoms with Gasteiger partial charge in [0.15, 0.2) is 0 Å². The van der Waals surface area contributed by atoms with Crippen molar-refractivity contribution in [2.75, 3.05) is 31.0 Å². The number of hydrogen-bond donors (Lipinski definition) is 1. The van der Waals surface area contributed by atoms with E-state index in [0.717, 1.165) is 18.7 Å². The van der Waals surface area contributed by atoms with E-state index in [1.807, 2.05) is 23.9 Å². The largest absolute Gasteiger partial charge is 0.480 e. The van der Waals surface area contributed by atoms with Crippen LogP contribution in [0.15, 0.2) is 18.3 Å². The molecule has 1 aromatic rings. The first-order chi connectivity index (χ1) is 6.88. The first-order valence-electron chi connectivity index (χ1n) is 4.60. The van der Waals surface area contributed by atoms with Crippen LogP contribution in [-0.2, 0) is 0 Å². The van der Waals surface area contributed by atoms with Crippen LogP contribution in [0.2, 0.25) is 0 Å². The minimum Gasteiger partial charge on any atom is -0.480 e. The zero-order chi connectivity index (χ0) is 10.2. The van der Waals surface area contributed by atoms with Crippen LogP contribution in [0.4, 0.5) is 5.69 Å². The van der Waals surface area contributed by atoms with Gasteiger partial charge in [-0.05, 0) is 30.6 Å². The van der Waals surface area contributed by atoms with Gasteiger partial charge in [-0.2, -0.15) is 11.8 Å². The van der Waals surface area contributed by atoms with Crippen LogP contribution in [0.3, 0.4) is 0 Å². The molecule has 3 nitrogen and oxygen atoms in total. The lowest BCUT2D eigenvalue weighted by Crippen LogP contribution is -2.04. The molecule has 14 heavy (non-hydrogen) atoms. The molecule has 0 atom stereocenters. The number of anilines is 1. The van der Waals surface area contributed by atoms with Crippen molar-refractivity contribution in [3.8, 4) is 5.88 Å². The number of nitrogens with zero attached hydrogens (tertiary/aromatic N) is 1. The van der Waals surface area contributed by atoms with Crippen molar-refractivity contribution in [1.29, 1.82) is 0 Å². The van der Waals surface area contributed by atoms with Crippen molar-refractivity contribution >= 4 is 17.4 Å². The molecule has 0 unspecified atom stereocenters. The molecule has 1 N–H and O–H groups in total. The van der Waals surface area contributed by atoms with Gasteiger partial charge in [-0.1, -0.05) is 0 Å². The molecule has 0 aliphatic carbocycles. The van der Waals surface area contributed by atoms with Crippen molar-refractivity contribution in [1.82, 2.24) is 4.98 Å². The number of aromatic nitrogens is 1. The SMILES string of the molecule is COc1ncccc1NCCCSC. The fourth-order valence-electron chi connectivity index (χ4n) is 1.13. The summed E-state index contributed by atoms with van der Waals surface area (Å²) in [4.78, 5) is 4.11. The zero-order valence-corrected chi connectivity index (χ0v) is 9.43. The lowest BCUT2D eigenvalue weighted by atomic mass is 10.4. The Balaban J connectivity index is 2.41. The molecular weight excluding hydrogens is 196 g/mol. The summed E-state index contributed by atoms with van der Waals surface area (Å²) in [6, 6.07) is 3.88. The predicted octanol–water partition coefficient (Wildman–Crippen LogP) is 2.26. The van der Waals surface area contributed by atoms with Gasteiger partial charge in [-0.25, -0.2) is 4.98 Å². The smallest absolute Gasteiger partial charge is 0.237 e. The zero-order valence-electron chi connectivity index (χ0n) is 8.62. The number of ether oxygens (including phenoxy) is 1. The second kappa shape index (κ2) is 6.54. The maximum atomic E-state index is 5.12. The Morgan fingerprint density at radius 1 is 1.57 bits per heavy atom. The van der Waals surface area contributed by atoms with Crippen LogP contribution in [0, 0.1) is 0 Å². The Kier molecular flexibility index (Phi) is 5.22. The Morgan fingerprint density at radius 2 is 2.43 bits per heavy atom. The first kappa shape index (κ1) is 11.2.